The van der Waals surface area contributed by atoms with Crippen molar-refractivity contribution in [2.75, 3.05) is 26.3 Å². The maximum atomic E-state index is 11.6. The SMILES string of the molecule is NC(CCCNCCOCC(F)F)=NO. The van der Waals surface area contributed by atoms with Gasteiger partial charge in [-0.15, -0.1) is 0 Å². The Balaban J connectivity index is 3.05. The second kappa shape index (κ2) is 9.60. The van der Waals surface area contributed by atoms with Gasteiger partial charge in [0, 0.05) is 13.0 Å². The van der Waals surface area contributed by atoms with Gasteiger partial charge in [0.15, 0.2) is 0 Å². The third-order valence-electron chi connectivity index (χ3n) is 1.58. The van der Waals surface area contributed by atoms with Crippen molar-refractivity contribution in [3.05, 3.63) is 0 Å². The molecule has 0 amide bonds. The Kier molecular flexibility index (Phi) is 8.99. The minimum atomic E-state index is -2.41. The lowest BCUT2D eigenvalue weighted by Gasteiger charge is -2.05. The molecular weight excluding hydrogens is 208 g/mol. The predicted molar refractivity (Wildman–Crippen MR) is 52.3 cm³/mol. The molecule has 0 rings (SSSR count). The highest BCUT2D eigenvalue weighted by Gasteiger charge is 2.00. The maximum Gasteiger partial charge on any atom is 0.261 e. The maximum absolute atomic E-state index is 11.6. The Labute approximate surface area is 87.3 Å². The summed E-state index contributed by atoms with van der Waals surface area (Å²) in [5.41, 5.74) is 5.23. The van der Waals surface area contributed by atoms with Crippen LogP contribution in [0.5, 0.6) is 0 Å². The standard InChI is InChI=1S/C8H17F2N3O2/c9-7(10)6-15-5-4-12-3-1-2-8(11)13-14/h7,12,14H,1-6H2,(H2,11,13). The lowest BCUT2D eigenvalue weighted by molar-refractivity contribution is 0.0188. The molecule has 0 aliphatic carbocycles. The number of nitrogens with two attached hydrogens (primary N) is 1. The number of nitrogens with zero attached hydrogens (tertiary/aromatic N) is 1. The fraction of sp³-hybridized carbons (Fsp3) is 0.875. The molecule has 0 fully saturated rings. The van der Waals surface area contributed by atoms with Gasteiger partial charge in [0.1, 0.15) is 12.4 Å². The van der Waals surface area contributed by atoms with Gasteiger partial charge in [-0.2, -0.15) is 0 Å². The van der Waals surface area contributed by atoms with Gasteiger partial charge in [-0.1, -0.05) is 5.16 Å². The van der Waals surface area contributed by atoms with E-state index in [1.165, 1.54) is 0 Å². The summed E-state index contributed by atoms with van der Waals surface area (Å²) in [5, 5.41) is 14.0. The van der Waals surface area contributed by atoms with Gasteiger partial charge < -0.3 is 21.0 Å². The molecule has 0 radical (unpaired) electrons. The van der Waals surface area contributed by atoms with Crippen LogP contribution < -0.4 is 11.1 Å². The molecule has 7 heteroatoms. The largest absolute Gasteiger partial charge is 0.409 e. The first-order valence-corrected chi connectivity index (χ1v) is 4.69. The smallest absolute Gasteiger partial charge is 0.261 e. The first-order chi connectivity index (χ1) is 7.16. The van der Waals surface area contributed by atoms with Crippen LogP contribution in [0.1, 0.15) is 12.8 Å². The molecule has 0 aliphatic rings. The Hall–Kier alpha value is -0.950. The molecule has 15 heavy (non-hydrogen) atoms. The molecule has 0 aromatic rings. The van der Waals surface area contributed by atoms with E-state index >= 15 is 0 Å². The van der Waals surface area contributed by atoms with Crippen LogP contribution in [0, 0.1) is 0 Å². The Bertz CT molecular complexity index is 179. The fourth-order valence-corrected chi connectivity index (χ4v) is 0.886. The number of hydrogen-bond acceptors (Lipinski definition) is 4. The average molecular weight is 225 g/mol. The molecule has 4 N–H and O–H groups in total. The van der Waals surface area contributed by atoms with Crippen LogP contribution in [0.4, 0.5) is 8.78 Å². The molecule has 0 unspecified atom stereocenters. The summed E-state index contributed by atoms with van der Waals surface area (Å²) in [5.74, 6) is 0.186. The third-order valence-corrected chi connectivity index (χ3v) is 1.58. The van der Waals surface area contributed by atoms with E-state index in [4.69, 9.17) is 10.9 Å². The molecule has 0 spiro atoms. The Morgan fingerprint density at radius 2 is 2.20 bits per heavy atom. The van der Waals surface area contributed by atoms with Crippen molar-refractivity contribution in [2.24, 2.45) is 10.9 Å². The molecule has 0 aromatic heterocycles. The number of halogens is 2. The molecule has 0 heterocycles. The van der Waals surface area contributed by atoms with Crippen LogP contribution in [0.2, 0.25) is 0 Å². The normalized spacial score (nSPS) is 12.3. The van der Waals surface area contributed by atoms with E-state index in [1.807, 2.05) is 0 Å². The number of hydrogen-bond donors (Lipinski definition) is 3. The second-order valence-electron chi connectivity index (χ2n) is 2.91. The molecule has 0 bridgehead atoms. The van der Waals surface area contributed by atoms with E-state index in [1.54, 1.807) is 0 Å². The third kappa shape index (κ3) is 11.0. The van der Waals surface area contributed by atoms with Crippen molar-refractivity contribution in [2.45, 2.75) is 19.3 Å². The lowest BCUT2D eigenvalue weighted by atomic mass is 10.3. The summed E-state index contributed by atoms with van der Waals surface area (Å²) in [6.45, 7) is 0.927. The average Bonchev–Trinajstić information content (AvgIpc) is 2.21. The number of amidine groups is 1. The summed E-state index contributed by atoms with van der Waals surface area (Å²) in [4.78, 5) is 0. The second-order valence-corrected chi connectivity index (χ2v) is 2.91. The van der Waals surface area contributed by atoms with Crippen molar-refractivity contribution in [1.82, 2.24) is 5.32 Å². The van der Waals surface area contributed by atoms with E-state index in [2.05, 4.69) is 15.2 Å². The van der Waals surface area contributed by atoms with Crippen molar-refractivity contribution in [1.29, 1.82) is 0 Å². The van der Waals surface area contributed by atoms with Gasteiger partial charge in [0.25, 0.3) is 6.43 Å². The summed E-state index contributed by atoms with van der Waals surface area (Å²) >= 11 is 0. The van der Waals surface area contributed by atoms with Crippen molar-refractivity contribution >= 4 is 5.84 Å². The van der Waals surface area contributed by atoms with E-state index in [0.29, 0.717) is 19.5 Å². The van der Waals surface area contributed by atoms with E-state index in [9.17, 15) is 8.78 Å². The zero-order valence-electron chi connectivity index (χ0n) is 8.46. The molecule has 0 atom stereocenters. The molecule has 0 saturated heterocycles. The van der Waals surface area contributed by atoms with Crippen molar-refractivity contribution < 1.29 is 18.7 Å². The number of nitrogens with one attached hydrogen (secondary N) is 1. The summed E-state index contributed by atoms with van der Waals surface area (Å²) in [7, 11) is 0. The molecule has 90 valence electrons. The first kappa shape index (κ1) is 14.1. The number of alkyl halides is 2. The fourth-order valence-electron chi connectivity index (χ4n) is 0.886. The van der Waals surface area contributed by atoms with Gasteiger partial charge in [0.05, 0.1) is 6.61 Å². The van der Waals surface area contributed by atoms with Gasteiger partial charge >= 0.3 is 0 Å². The highest BCUT2D eigenvalue weighted by atomic mass is 19.3. The quantitative estimate of drug-likeness (QED) is 0.174. The first-order valence-electron chi connectivity index (χ1n) is 4.69. The molecular formula is C8H17F2N3O2. The lowest BCUT2D eigenvalue weighted by Crippen LogP contribution is -2.23. The summed E-state index contributed by atoms with van der Waals surface area (Å²) < 4.78 is 27.8. The Morgan fingerprint density at radius 3 is 2.80 bits per heavy atom. The van der Waals surface area contributed by atoms with E-state index in [0.717, 1.165) is 6.42 Å². The number of rotatable bonds is 9. The van der Waals surface area contributed by atoms with Crippen LogP contribution in [0.3, 0.4) is 0 Å². The van der Waals surface area contributed by atoms with Crippen LogP contribution in [0.15, 0.2) is 5.16 Å². The molecule has 0 aromatic carbocycles. The predicted octanol–water partition coefficient (Wildman–Crippen LogP) is 0.384. The van der Waals surface area contributed by atoms with Gasteiger partial charge in [-0.05, 0) is 13.0 Å². The van der Waals surface area contributed by atoms with Crippen LogP contribution in [-0.4, -0.2) is 43.8 Å². The van der Waals surface area contributed by atoms with Crippen LogP contribution in [0.25, 0.3) is 0 Å². The van der Waals surface area contributed by atoms with Crippen molar-refractivity contribution in [3.63, 3.8) is 0 Å². The minimum absolute atomic E-state index is 0.186. The van der Waals surface area contributed by atoms with Crippen LogP contribution in [-0.2, 0) is 4.74 Å². The summed E-state index contributed by atoms with van der Waals surface area (Å²) in [6, 6.07) is 0. The van der Waals surface area contributed by atoms with Gasteiger partial charge in [0.2, 0.25) is 0 Å². The zero-order valence-corrected chi connectivity index (χ0v) is 8.46. The van der Waals surface area contributed by atoms with Gasteiger partial charge in [-0.25, -0.2) is 8.78 Å². The van der Waals surface area contributed by atoms with E-state index in [-0.39, 0.29) is 12.4 Å². The highest BCUT2D eigenvalue weighted by Crippen LogP contribution is 1.91. The zero-order chi connectivity index (χ0) is 11.5. The van der Waals surface area contributed by atoms with Crippen LogP contribution >= 0.6 is 0 Å². The Morgan fingerprint density at radius 1 is 1.47 bits per heavy atom. The summed E-state index contributed by atoms with van der Waals surface area (Å²) in [6.07, 6.45) is -1.18. The van der Waals surface area contributed by atoms with E-state index < -0.39 is 13.0 Å². The topological polar surface area (TPSA) is 79.9 Å². The van der Waals surface area contributed by atoms with Crippen molar-refractivity contribution in [3.8, 4) is 0 Å². The van der Waals surface area contributed by atoms with Gasteiger partial charge in [-0.3, -0.25) is 0 Å². The number of oxime groups is 1. The molecule has 5 nitrogen and oxygen atoms in total. The monoisotopic (exact) mass is 225 g/mol. The molecule has 0 aliphatic heterocycles. The minimum Gasteiger partial charge on any atom is -0.409 e. The highest BCUT2D eigenvalue weighted by molar-refractivity contribution is 5.79. The molecule has 0 saturated carbocycles. The number of ether oxygens (including phenoxy) is 1.